The fourth-order valence-corrected chi connectivity index (χ4v) is 1.62. The van der Waals surface area contributed by atoms with E-state index in [2.05, 4.69) is 13.7 Å². The van der Waals surface area contributed by atoms with Crippen molar-refractivity contribution in [2.45, 2.75) is 0 Å². The fourth-order valence-electron chi connectivity index (χ4n) is 1.14. The van der Waals surface area contributed by atoms with E-state index in [1.54, 1.807) is 0 Å². The monoisotopic (exact) mass is 336 g/mol. The maximum Gasteiger partial charge on any atom is 0.435 e. The van der Waals surface area contributed by atoms with Gasteiger partial charge in [-0.3, -0.25) is 0 Å². The predicted molar refractivity (Wildman–Crippen MR) is 62.5 cm³/mol. The van der Waals surface area contributed by atoms with Gasteiger partial charge in [0.15, 0.2) is 12.4 Å². The maximum atomic E-state index is 12.3. The van der Waals surface area contributed by atoms with E-state index in [0.717, 1.165) is 25.3 Å². The van der Waals surface area contributed by atoms with Crippen LogP contribution in [-0.2, 0) is 14.3 Å². The van der Waals surface area contributed by atoms with Gasteiger partial charge in [0.25, 0.3) is 0 Å². The summed E-state index contributed by atoms with van der Waals surface area (Å²) in [4.78, 5) is 22.2. The fraction of sp³-hybridized carbons (Fsp3) is 0.200. The molecule has 0 spiro atoms. The van der Waals surface area contributed by atoms with E-state index in [-0.39, 0.29) is 0 Å². The number of esters is 2. The van der Waals surface area contributed by atoms with Crippen LogP contribution < -0.4 is 4.18 Å². The standard InChI is InChI=1S/C10H9F5O5S/c1-18-9(16)6-19-10(17)7-4-2-3-5-8(7)20-21(11,12,13,14)15/h2-5H,6H2,1H3. The molecule has 5 nitrogen and oxygen atoms in total. The molecule has 120 valence electrons. The average Bonchev–Trinajstić information content (AvgIpc) is 2.32. The largest absolute Gasteiger partial charge is 0.466 e. The van der Waals surface area contributed by atoms with Crippen molar-refractivity contribution in [1.82, 2.24) is 0 Å². The zero-order valence-corrected chi connectivity index (χ0v) is 11.2. The third-order valence-corrected chi connectivity index (χ3v) is 2.40. The molecule has 0 fully saturated rings. The zero-order valence-electron chi connectivity index (χ0n) is 10.4. The van der Waals surface area contributed by atoms with Crippen LogP contribution in [0, 0.1) is 0 Å². The highest BCUT2D eigenvalue weighted by Crippen LogP contribution is 2.97. The number of para-hydroxylation sites is 1. The molecule has 0 unspecified atom stereocenters. The minimum Gasteiger partial charge on any atom is -0.466 e. The molecule has 0 saturated carbocycles. The average molecular weight is 336 g/mol. The molecular formula is C10H9F5O5S. The first-order chi connectivity index (χ1) is 9.31. The maximum absolute atomic E-state index is 12.3. The van der Waals surface area contributed by atoms with E-state index in [0.29, 0.717) is 6.07 Å². The van der Waals surface area contributed by atoms with Gasteiger partial charge in [-0.2, -0.15) is 0 Å². The first-order valence-corrected chi connectivity index (χ1v) is 6.96. The molecule has 0 aromatic heterocycles. The highest BCUT2D eigenvalue weighted by molar-refractivity contribution is 8.42. The molecule has 21 heavy (non-hydrogen) atoms. The van der Waals surface area contributed by atoms with Gasteiger partial charge >= 0.3 is 22.4 Å². The van der Waals surface area contributed by atoms with Crippen LogP contribution in [0.1, 0.15) is 10.4 Å². The lowest BCUT2D eigenvalue weighted by Gasteiger charge is -2.39. The van der Waals surface area contributed by atoms with Gasteiger partial charge in [-0.15, -0.1) is 0 Å². The molecule has 0 radical (unpaired) electrons. The van der Waals surface area contributed by atoms with Gasteiger partial charge in [0, 0.05) is 0 Å². The van der Waals surface area contributed by atoms with Gasteiger partial charge in [-0.1, -0.05) is 31.6 Å². The van der Waals surface area contributed by atoms with E-state index in [4.69, 9.17) is 0 Å². The van der Waals surface area contributed by atoms with Crippen molar-refractivity contribution in [2.24, 2.45) is 0 Å². The number of benzene rings is 1. The molecule has 0 N–H and O–H groups in total. The van der Waals surface area contributed by atoms with Gasteiger partial charge < -0.3 is 13.7 Å². The van der Waals surface area contributed by atoms with Crippen molar-refractivity contribution < 1.29 is 42.7 Å². The zero-order chi connectivity index (χ0) is 16.4. The van der Waals surface area contributed by atoms with Gasteiger partial charge in [-0.25, -0.2) is 9.59 Å². The van der Waals surface area contributed by atoms with Crippen molar-refractivity contribution in [1.29, 1.82) is 0 Å². The Bertz CT molecular complexity index is 570. The molecule has 1 rings (SSSR count). The van der Waals surface area contributed by atoms with Gasteiger partial charge in [0.1, 0.15) is 5.56 Å². The molecule has 0 amide bonds. The Balaban J connectivity index is 3.01. The summed E-state index contributed by atoms with van der Waals surface area (Å²) in [6.45, 7) is -0.889. The summed E-state index contributed by atoms with van der Waals surface area (Å²) >= 11 is 0. The van der Waals surface area contributed by atoms with Crippen molar-refractivity contribution >= 4 is 22.4 Å². The molecular weight excluding hydrogens is 327 g/mol. The molecule has 0 saturated heterocycles. The van der Waals surface area contributed by atoms with E-state index in [1.165, 1.54) is 0 Å². The molecule has 0 bridgehead atoms. The van der Waals surface area contributed by atoms with Crippen molar-refractivity contribution in [3.8, 4) is 5.75 Å². The molecule has 0 heterocycles. The Hall–Kier alpha value is -2.04. The summed E-state index contributed by atoms with van der Waals surface area (Å²) in [5, 5.41) is 0. The number of ether oxygens (including phenoxy) is 2. The van der Waals surface area contributed by atoms with E-state index >= 15 is 0 Å². The minimum atomic E-state index is -10.2. The number of carbonyl (C=O) groups is 2. The first kappa shape index (κ1) is 17.0. The molecule has 11 heteroatoms. The number of rotatable bonds is 5. The number of methoxy groups -OCH3 is 1. The quantitative estimate of drug-likeness (QED) is 0.607. The second kappa shape index (κ2) is 4.76. The molecule has 0 aliphatic rings. The van der Waals surface area contributed by atoms with Crippen LogP contribution in [-0.4, -0.2) is 25.7 Å². The third-order valence-electron chi connectivity index (χ3n) is 1.90. The van der Waals surface area contributed by atoms with Crippen molar-refractivity contribution in [2.75, 3.05) is 13.7 Å². The molecule has 0 aliphatic heterocycles. The predicted octanol–water partition coefficient (Wildman–Crippen LogP) is 3.61. The third kappa shape index (κ3) is 6.29. The summed E-state index contributed by atoms with van der Waals surface area (Å²) in [5.74, 6) is -3.85. The van der Waals surface area contributed by atoms with Crippen LogP contribution in [0.3, 0.4) is 0 Å². The molecule has 1 aromatic carbocycles. The number of hydrogen-bond acceptors (Lipinski definition) is 5. The van der Waals surface area contributed by atoms with Crippen LogP contribution in [0.15, 0.2) is 24.3 Å². The Kier molecular flexibility index (Phi) is 3.85. The van der Waals surface area contributed by atoms with Gasteiger partial charge in [0.05, 0.1) is 7.11 Å². The summed E-state index contributed by atoms with van der Waals surface area (Å²) in [6, 6.07) is 3.36. The second-order valence-corrected chi connectivity index (χ2v) is 5.59. The van der Waals surface area contributed by atoms with Crippen molar-refractivity contribution in [3.05, 3.63) is 29.8 Å². The molecule has 1 aromatic rings. The van der Waals surface area contributed by atoms with Crippen LogP contribution in [0.2, 0.25) is 0 Å². The van der Waals surface area contributed by atoms with E-state index in [1.807, 2.05) is 0 Å². The Morgan fingerprint density at radius 2 is 1.67 bits per heavy atom. The molecule has 0 atom stereocenters. The lowest BCUT2D eigenvalue weighted by molar-refractivity contribution is -0.144. The summed E-state index contributed by atoms with van der Waals surface area (Å²) in [7, 11) is -9.24. The Morgan fingerprint density at radius 1 is 1.10 bits per heavy atom. The smallest absolute Gasteiger partial charge is 0.435 e. The van der Waals surface area contributed by atoms with E-state index < -0.39 is 40.4 Å². The van der Waals surface area contributed by atoms with Crippen molar-refractivity contribution in [3.63, 3.8) is 0 Å². The second-order valence-electron chi connectivity index (χ2n) is 3.63. The van der Waals surface area contributed by atoms with Crippen LogP contribution >= 0.6 is 10.5 Å². The molecule has 0 aliphatic carbocycles. The SMILES string of the molecule is COC(=O)COC(=O)c1ccccc1OS(F)(F)(F)(F)F. The lowest BCUT2D eigenvalue weighted by Crippen LogP contribution is -2.18. The number of carbonyl (C=O) groups excluding carboxylic acids is 2. The lowest BCUT2D eigenvalue weighted by atomic mass is 10.2. The minimum absolute atomic E-state index is 0.520. The van der Waals surface area contributed by atoms with Crippen LogP contribution in [0.5, 0.6) is 5.75 Å². The normalized spacial score (nSPS) is 14.6. The number of halogens is 5. The summed E-state index contributed by atoms with van der Waals surface area (Å²) in [5.41, 5.74) is -0.908. The van der Waals surface area contributed by atoms with Gasteiger partial charge in [0.2, 0.25) is 0 Å². The summed E-state index contributed by atoms with van der Waals surface area (Å²) < 4.78 is 72.6. The number of hydrogen-bond donors (Lipinski definition) is 0. The van der Waals surface area contributed by atoms with Crippen LogP contribution in [0.25, 0.3) is 0 Å². The van der Waals surface area contributed by atoms with E-state index in [9.17, 15) is 29.0 Å². The van der Waals surface area contributed by atoms with Gasteiger partial charge in [-0.05, 0) is 12.1 Å². The summed E-state index contributed by atoms with van der Waals surface area (Å²) in [6.07, 6.45) is 0. The highest BCUT2D eigenvalue weighted by Gasteiger charge is 2.67. The van der Waals surface area contributed by atoms with Crippen LogP contribution in [0.4, 0.5) is 19.4 Å². The topological polar surface area (TPSA) is 61.8 Å². The highest BCUT2D eigenvalue weighted by atomic mass is 32.5. The first-order valence-electron chi connectivity index (χ1n) is 5.09. The Morgan fingerprint density at radius 3 is 2.19 bits per heavy atom. The Labute approximate surface area is 115 Å².